The molecule has 0 bridgehead atoms. The molecule has 1 aromatic rings. The van der Waals surface area contributed by atoms with Gasteiger partial charge in [0.2, 0.25) is 5.91 Å². The third-order valence-electron chi connectivity index (χ3n) is 5.25. The Morgan fingerprint density at radius 1 is 1.08 bits per heavy atom. The van der Waals surface area contributed by atoms with E-state index in [4.69, 9.17) is 9.47 Å². The average Bonchev–Trinajstić information content (AvgIpc) is 3.17. The minimum absolute atomic E-state index is 0.0139. The molecule has 6 nitrogen and oxygen atoms in total. The number of hydrogen-bond acceptors (Lipinski definition) is 4. The van der Waals surface area contributed by atoms with Gasteiger partial charge >= 0.3 is 0 Å². The number of carbonyl (C=O) groups excluding carboxylic acids is 2. The van der Waals surface area contributed by atoms with Crippen LogP contribution in [0.15, 0.2) is 24.3 Å². The molecule has 3 rings (SSSR count). The molecule has 1 aliphatic carbocycles. The van der Waals surface area contributed by atoms with E-state index >= 15 is 0 Å². The van der Waals surface area contributed by atoms with Crippen molar-refractivity contribution >= 4 is 11.8 Å². The minimum atomic E-state index is -0.370. The second-order valence-electron chi connectivity index (χ2n) is 7.03. The number of amides is 2. The summed E-state index contributed by atoms with van der Waals surface area (Å²) in [5.74, 6) is 0.955. The van der Waals surface area contributed by atoms with Crippen molar-refractivity contribution in [1.29, 1.82) is 0 Å². The van der Waals surface area contributed by atoms with Gasteiger partial charge < -0.3 is 19.7 Å². The van der Waals surface area contributed by atoms with Crippen molar-refractivity contribution in [1.82, 2.24) is 10.2 Å². The van der Waals surface area contributed by atoms with Crippen molar-refractivity contribution < 1.29 is 19.1 Å². The number of methoxy groups -OCH3 is 1. The number of nitrogens with one attached hydrogen (secondary N) is 1. The topological polar surface area (TPSA) is 67.9 Å². The van der Waals surface area contributed by atoms with Gasteiger partial charge in [-0.3, -0.25) is 9.59 Å². The van der Waals surface area contributed by atoms with Crippen molar-refractivity contribution in [3.63, 3.8) is 0 Å². The van der Waals surface area contributed by atoms with Gasteiger partial charge in [0.05, 0.1) is 7.11 Å². The Kier molecular flexibility index (Phi) is 6.36. The van der Waals surface area contributed by atoms with Crippen molar-refractivity contribution in [2.45, 2.75) is 57.0 Å². The number of benzene rings is 1. The second-order valence-corrected chi connectivity index (χ2v) is 7.03. The third kappa shape index (κ3) is 4.48. The fraction of sp³-hybridized carbons (Fsp3) is 0.600. The number of hydrogen-bond donors (Lipinski definition) is 1. The van der Waals surface area contributed by atoms with E-state index in [0.29, 0.717) is 18.0 Å². The first-order valence-electron chi connectivity index (χ1n) is 9.54. The normalized spacial score (nSPS) is 20.7. The lowest BCUT2D eigenvalue weighted by Crippen LogP contribution is -2.50. The minimum Gasteiger partial charge on any atom is -0.493 e. The molecule has 6 heteroatoms. The van der Waals surface area contributed by atoms with Crippen LogP contribution in [0, 0.1) is 0 Å². The number of ether oxygens (including phenoxy) is 2. The molecule has 142 valence electrons. The lowest BCUT2D eigenvalue weighted by molar-refractivity contribution is -0.140. The van der Waals surface area contributed by atoms with Gasteiger partial charge in [0.15, 0.2) is 18.1 Å². The molecule has 1 heterocycles. The highest BCUT2D eigenvalue weighted by molar-refractivity contribution is 5.89. The molecule has 1 saturated carbocycles. The van der Waals surface area contributed by atoms with Crippen LogP contribution >= 0.6 is 0 Å². The number of carbonyl (C=O) groups is 2. The van der Waals surface area contributed by atoms with Crippen molar-refractivity contribution in [2.75, 3.05) is 20.3 Å². The SMILES string of the molecule is COc1ccccc1OCC(=O)N1CCC[C@@H]1C(=O)NC1CCCCC1. The molecule has 2 aliphatic rings. The van der Waals surface area contributed by atoms with E-state index in [1.54, 1.807) is 24.1 Å². The van der Waals surface area contributed by atoms with Crippen LogP contribution in [0.1, 0.15) is 44.9 Å². The predicted octanol–water partition coefficient (Wildman–Crippen LogP) is 2.51. The van der Waals surface area contributed by atoms with Gasteiger partial charge in [-0.1, -0.05) is 31.4 Å². The molecule has 1 atom stereocenters. The molecule has 2 fully saturated rings. The molecular weight excluding hydrogens is 332 g/mol. The van der Waals surface area contributed by atoms with E-state index < -0.39 is 0 Å². The zero-order valence-corrected chi connectivity index (χ0v) is 15.4. The Bertz CT molecular complexity index is 628. The summed E-state index contributed by atoms with van der Waals surface area (Å²) in [4.78, 5) is 26.9. The summed E-state index contributed by atoms with van der Waals surface area (Å²) in [5.41, 5.74) is 0. The highest BCUT2D eigenvalue weighted by atomic mass is 16.5. The molecule has 1 aromatic carbocycles. The maximum atomic E-state index is 12.6. The Morgan fingerprint density at radius 2 is 1.81 bits per heavy atom. The summed E-state index contributed by atoms with van der Waals surface area (Å²) < 4.78 is 10.9. The number of nitrogens with zero attached hydrogens (tertiary/aromatic N) is 1. The van der Waals surface area contributed by atoms with Gasteiger partial charge in [0, 0.05) is 12.6 Å². The van der Waals surface area contributed by atoms with Crippen molar-refractivity contribution in [3.05, 3.63) is 24.3 Å². The van der Waals surface area contributed by atoms with Crippen LogP contribution in [-0.4, -0.2) is 49.1 Å². The highest BCUT2D eigenvalue weighted by Crippen LogP contribution is 2.26. The van der Waals surface area contributed by atoms with Gasteiger partial charge in [-0.05, 0) is 37.8 Å². The quantitative estimate of drug-likeness (QED) is 0.846. The van der Waals surface area contributed by atoms with Crippen LogP contribution in [-0.2, 0) is 9.59 Å². The molecule has 1 saturated heterocycles. The molecule has 0 unspecified atom stereocenters. The van der Waals surface area contributed by atoms with Gasteiger partial charge in [0.1, 0.15) is 6.04 Å². The molecule has 0 aromatic heterocycles. The van der Waals surface area contributed by atoms with Crippen LogP contribution in [0.4, 0.5) is 0 Å². The summed E-state index contributed by atoms with van der Waals surface area (Å²) >= 11 is 0. The lowest BCUT2D eigenvalue weighted by Gasteiger charge is -2.28. The summed E-state index contributed by atoms with van der Waals surface area (Å²) in [6.07, 6.45) is 7.26. The smallest absolute Gasteiger partial charge is 0.261 e. The zero-order chi connectivity index (χ0) is 18.4. The monoisotopic (exact) mass is 360 g/mol. The lowest BCUT2D eigenvalue weighted by atomic mass is 9.95. The van der Waals surface area contributed by atoms with E-state index in [1.807, 2.05) is 12.1 Å². The Morgan fingerprint density at radius 3 is 2.54 bits per heavy atom. The van der Waals surface area contributed by atoms with Crippen LogP contribution < -0.4 is 14.8 Å². The van der Waals surface area contributed by atoms with Gasteiger partial charge in [-0.25, -0.2) is 0 Å². The van der Waals surface area contributed by atoms with E-state index in [-0.39, 0.29) is 30.5 Å². The zero-order valence-electron chi connectivity index (χ0n) is 15.4. The molecule has 1 N–H and O–H groups in total. The van der Waals surface area contributed by atoms with Crippen LogP contribution in [0.25, 0.3) is 0 Å². The molecule has 0 radical (unpaired) electrons. The fourth-order valence-corrected chi connectivity index (χ4v) is 3.84. The fourth-order valence-electron chi connectivity index (χ4n) is 3.84. The Labute approximate surface area is 154 Å². The molecule has 0 spiro atoms. The predicted molar refractivity (Wildman–Crippen MR) is 98.2 cm³/mol. The van der Waals surface area contributed by atoms with E-state index in [9.17, 15) is 9.59 Å². The molecular formula is C20H28N2O4. The number of rotatable bonds is 6. The summed E-state index contributed by atoms with van der Waals surface area (Å²) in [6, 6.07) is 7.13. The van der Waals surface area contributed by atoms with E-state index in [0.717, 1.165) is 25.7 Å². The molecule has 26 heavy (non-hydrogen) atoms. The molecule has 2 amide bonds. The highest BCUT2D eigenvalue weighted by Gasteiger charge is 2.35. The van der Waals surface area contributed by atoms with Crippen molar-refractivity contribution in [3.8, 4) is 11.5 Å². The van der Waals surface area contributed by atoms with Crippen LogP contribution in [0.2, 0.25) is 0 Å². The Hall–Kier alpha value is -2.24. The van der Waals surface area contributed by atoms with Crippen molar-refractivity contribution in [2.24, 2.45) is 0 Å². The standard InChI is InChI=1S/C20H28N2O4/c1-25-17-11-5-6-12-18(17)26-14-19(23)22-13-7-10-16(22)20(24)21-15-8-3-2-4-9-15/h5-6,11-12,15-16H,2-4,7-10,13-14H2,1H3,(H,21,24)/t16-/m1/s1. The first-order valence-corrected chi connectivity index (χ1v) is 9.54. The summed E-state index contributed by atoms with van der Waals surface area (Å²) in [6.45, 7) is 0.518. The van der Waals surface area contributed by atoms with Crippen LogP contribution in [0.5, 0.6) is 11.5 Å². The van der Waals surface area contributed by atoms with Gasteiger partial charge in [0.25, 0.3) is 5.91 Å². The average molecular weight is 360 g/mol. The maximum Gasteiger partial charge on any atom is 0.261 e. The second kappa shape index (κ2) is 8.92. The van der Waals surface area contributed by atoms with Gasteiger partial charge in [-0.15, -0.1) is 0 Å². The maximum absolute atomic E-state index is 12.6. The Balaban J connectivity index is 1.54. The summed E-state index contributed by atoms with van der Waals surface area (Å²) in [5, 5.41) is 3.14. The number of para-hydroxylation sites is 2. The first-order chi connectivity index (χ1) is 12.7. The number of likely N-dealkylation sites (tertiary alicyclic amines) is 1. The van der Waals surface area contributed by atoms with E-state index in [1.165, 1.54) is 19.3 Å². The third-order valence-corrected chi connectivity index (χ3v) is 5.25. The van der Waals surface area contributed by atoms with Gasteiger partial charge in [-0.2, -0.15) is 0 Å². The molecule has 1 aliphatic heterocycles. The van der Waals surface area contributed by atoms with E-state index in [2.05, 4.69) is 5.32 Å². The first kappa shape index (κ1) is 18.5. The largest absolute Gasteiger partial charge is 0.493 e. The van der Waals surface area contributed by atoms with Crippen LogP contribution in [0.3, 0.4) is 0 Å². The summed E-state index contributed by atoms with van der Waals surface area (Å²) in [7, 11) is 1.57.